The lowest BCUT2D eigenvalue weighted by Crippen LogP contribution is -2.12. The van der Waals surface area contributed by atoms with E-state index >= 15 is 0 Å². The lowest BCUT2D eigenvalue weighted by Gasteiger charge is -2.08. The summed E-state index contributed by atoms with van der Waals surface area (Å²) in [6, 6.07) is 5.20. The molecule has 0 bridgehead atoms. The fourth-order valence-electron chi connectivity index (χ4n) is 3.38. The van der Waals surface area contributed by atoms with Gasteiger partial charge < -0.3 is 5.32 Å². The number of benzene rings is 1. The molecule has 0 aromatic heterocycles. The van der Waals surface area contributed by atoms with Crippen LogP contribution in [-0.4, -0.2) is 10.8 Å². The fourth-order valence-corrected chi connectivity index (χ4v) is 3.38. The molecule has 0 radical (unpaired) electrons. The predicted octanol–water partition coefficient (Wildman–Crippen LogP) is 7.19. The molecular weight excluding hydrogens is 352 g/mol. The number of nitrogens with one attached hydrogen (secondary N) is 1. The van der Waals surface area contributed by atoms with Crippen molar-refractivity contribution in [2.45, 2.75) is 104 Å². The van der Waals surface area contributed by atoms with Crippen molar-refractivity contribution in [3.63, 3.8) is 0 Å². The van der Waals surface area contributed by atoms with E-state index in [9.17, 15) is 14.9 Å². The highest BCUT2D eigenvalue weighted by atomic mass is 16.6. The van der Waals surface area contributed by atoms with E-state index in [0.29, 0.717) is 12.1 Å². The number of hydrogen-bond acceptors (Lipinski definition) is 3. The van der Waals surface area contributed by atoms with E-state index in [1.54, 1.807) is 12.1 Å². The van der Waals surface area contributed by atoms with E-state index in [0.717, 1.165) is 44.1 Å². The molecule has 5 heteroatoms. The maximum absolute atomic E-state index is 12.1. The molecular formula is C23H38N2O3. The number of unbranched alkanes of at least 4 members (excludes halogenated alkanes) is 10. The van der Waals surface area contributed by atoms with Crippen molar-refractivity contribution in [2.75, 3.05) is 5.32 Å². The smallest absolute Gasteiger partial charge is 0.293 e. The van der Waals surface area contributed by atoms with Crippen molar-refractivity contribution in [3.8, 4) is 0 Å². The summed E-state index contributed by atoms with van der Waals surface area (Å²) < 4.78 is 0. The molecule has 1 amide bonds. The Balaban J connectivity index is 2.46. The largest absolute Gasteiger partial charge is 0.320 e. The van der Waals surface area contributed by atoms with Crippen molar-refractivity contribution in [1.82, 2.24) is 0 Å². The van der Waals surface area contributed by atoms with Gasteiger partial charge in [0.15, 0.2) is 0 Å². The SMILES string of the molecule is CCCCCCCCC(=O)Nc1ccc(CCCCCCCC)cc1[N+](=O)[O-]. The summed E-state index contributed by atoms with van der Waals surface area (Å²) >= 11 is 0. The third kappa shape index (κ3) is 10.4. The van der Waals surface area contributed by atoms with Crippen LogP contribution >= 0.6 is 0 Å². The van der Waals surface area contributed by atoms with Gasteiger partial charge in [-0.15, -0.1) is 0 Å². The Morgan fingerprint density at radius 3 is 2.07 bits per heavy atom. The number of nitro benzene ring substituents is 1. The highest BCUT2D eigenvalue weighted by Gasteiger charge is 2.16. The van der Waals surface area contributed by atoms with Gasteiger partial charge in [-0.2, -0.15) is 0 Å². The molecule has 0 saturated carbocycles. The fraction of sp³-hybridized carbons (Fsp3) is 0.696. The zero-order chi connectivity index (χ0) is 20.6. The number of hydrogen-bond donors (Lipinski definition) is 1. The average molecular weight is 391 g/mol. The summed E-state index contributed by atoms with van der Waals surface area (Å²) in [5.74, 6) is -0.137. The summed E-state index contributed by atoms with van der Waals surface area (Å²) in [5, 5.41) is 14.1. The maximum atomic E-state index is 12.1. The second kappa shape index (κ2) is 15.1. The zero-order valence-corrected chi connectivity index (χ0v) is 17.8. The first-order valence-electron chi connectivity index (χ1n) is 11.2. The van der Waals surface area contributed by atoms with Gasteiger partial charge in [0.05, 0.1) is 4.92 Å². The van der Waals surface area contributed by atoms with Crippen LogP contribution in [0.2, 0.25) is 0 Å². The Hall–Kier alpha value is -1.91. The minimum Gasteiger partial charge on any atom is -0.320 e. The molecule has 1 aromatic rings. The van der Waals surface area contributed by atoms with Crippen LogP contribution in [0.3, 0.4) is 0 Å². The van der Waals surface area contributed by atoms with Gasteiger partial charge in [-0.25, -0.2) is 0 Å². The quantitative estimate of drug-likeness (QED) is 0.184. The summed E-state index contributed by atoms with van der Waals surface area (Å²) in [6.45, 7) is 4.38. The van der Waals surface area contributed by atoms with E-state index < -0.39 is 4.92 Å². The van der Waals surface area contributed by atoms with Crippen LogP contribution in [0, 0.1) is 10.1 Å². The molecule has 1 aromatic carbocycles. The molecule has 1 rings (SSSR count). The molecule has 0 saturated heterocycles. The van der Waals surface area contributed by atoms with Crippen LogP contribution in [0.15, 0.2) is 18.2 Å². The molecule has 0 spiro atoms. The van der Waals surface area contributed by atoms with Crippen LogP contribution in [0.5, 0.6) is 0 Å². The second-order valence-electron chi connectivity index (χ2n) is 7.69. The summed E-state index contributed by atoms with van der Waals surface area (Å²) in [6.07, 6.45) is 15.1. The third-order valence-electron chi connectivity index (χ3n) is 5.11. The van der Waals surface area contributed by atoms with Crippen molar-refractivity contribution in [3.05, 3.63) is 33.9 Å². The van der Waals surface area contributed by atoms with E-state index in [1.165, 1.54) is 44.9 Å². The predicted molar refractivity (Wildman–Crippen MR) is 117 cm³/mol. The number of aryl methyl sites for hydroxylation is 1. The molecule has 158 valence electrons. The Kier molecular flexibility index (Phi) is 13.0. The van der Waals surface area contributed by atoms with Crippen LogP contribution < -0.4 is 5.32 Å². The Morgan fingerprint density at radius 2 is 1.46 bits per heavy atom. The standard InChI is InChI=1S/C23H38N2O3/c1-3-5-7-9-11-13-15-20-17-18-21(22(19-20)25(27)28)24-23(26)16-14-12-10-8-6-4-2/h17-19H,3-16H2,1-2H3,(H,24,26). The molecule has 0 aliphatic heterocycles. The van der Waals surface area contributed by atoms with Gasteiger partial charge >= 0.3 is 0 Å². The molecule has 0 aliphatic rings. The monoisotopic (exact) mass is 390 g/mol. The first kappa shape index (κ1) is 24.1. The van der Waals surface area contributed by atoms with Crippen LogP contribution in [0.4, 0.5) is 11.4 Å². The van der Waals surface area contributed by atoms with Gasteiger partial charge in [-0.3, -0.25) is 14.9 Å². The summed E-state index contributed by atoms with van der Waals surface area (Å²) in [7, 11) is 0. The third-order valence-corrected chi connectivity index (χ3v) is 5.11. The van der Waals surface area contributed by atoms with Crippen LogP contribution in [-0.2, 0) is 11.2 Å². The van der Waals surface area contributed by atoms with Gasteiger partial charge in [-0.1, -0.05) is 84.1 Å². The van der Waals surface area contributed by atoms with Crippen LogP contribution in [0.1, 0.15) is 103 Å². The van der Waals surface area contributed by atoms with Gasteiger partial charge in [0.1, 0.15) is 5.69 Å². The van der Waals surface area contributed by atoms with Gasteiger partial charge in [0, 0.05) is 12.5 Å². The Labute approximate surface area is 170 Å². The number of nitrogens with zero attached hydrogens (tertiary/aromatic N) is 1. The first-order valence-corrected chi connectivity index (χ1v) is 11.2. The van der Waals surface area contributed by atoms with Crippen molar-refractivity contribution in [2.24, 2.45) is 0 Å². The second-order valence-corrected chi connectivity index (χ2v) is 7.69. The minimum atomic E-state index is -0.398. The first-order chi connectivity index (χ1) is 13.6. The zero-order valence-electron chi connectivity index (χ0n) is 17.8. The van der Waals surface area contributed by atoms with E-state index in [1.807, 2.05) is 6.07 Å². The number of rotatable bonds is 16. The van der Waals surface area contributed by atoms with Crippen molar-refractivity contribution in [1.29, 1.82) is 0 Å². The highest BCUT2D eigenvalue weighted by Crippen LogP contribution is 2.27. The van der Waals surface area contributed by atoms with Crippen molar-refractivity contribution >= 4 is 17.3 Å². The number of amides is 1. The Bertz CT molecular complexity index is 587. The number of carbonyl (C=O) groups is 1. The summed E-state index contributed by atoms with van der Waals surface area (Å²) in [4.78, 5) is 23.1. The maximum Gasteiger partial charge on any atom is 0.293 e. The number of anilines is 1. The lowest BCUT2D eigenvalue weighted by atomic mass is 10.0. The average Bonchev–Trinajstić information content (AvgIpc) is 2.68. The molecule has 5 nitrogen and oxygen atoms in total. The molecule has 28 heavy (non-hydrogen) atoms. The molecule has 0 aliphatic carbocycles. The normalized spacial score (nSPS) is 10.8. The summed E-state index contributed by atoms with van der Waals surface area (Å²) in [5.41, 5.74) is 1.28. The Morgan fingerprint density at radius 1 is 0.893 bits per heavy atom. The molecule has 1 N–H and O–H groups in total. The van der Waals surface area contributed by atoms with Gasteiger partial charge in [0.2, 0.25) is 5.91 Å². The lowest BCUT2D eigenvalue weighted by molar-refractivity contribution is -0.384. The molecule has 0 unspecified atom stereocenters. The van der Waals surface area contributed by atoms with E-state index in [4.69, 9.17) is 0 Å². The van der Waals surface area contributed by atoms with Crippen molar-refractivity contribution < 1.29 is 9.72 Å². The number of carbonyl (C=O) groups excluding carboxylic acids is 1. The van der Waals surface area contributed by atoms with E-state index in [2.05, 4.69) is 19.2 Å². The minimum absolute atomic E-state index is 0.000205. The molecule has 0 atom stereocenters. The van der Waals surface area contributed by atoms with Crippen LogP contribution in [0.25, 0.3) is 0 Å². The highest BCUT2D eigenvalue weighted by molar-refractivity contribution is 5.93. The molecule has 0 fully saturated rings. The topological polar surface area (TPSA) is 72.2 Å². The number of nitro groups is 1. The van der Waals surface area contributed by atoms with Gasteiger partial charge in [-0.05, 0) is 30.9 Å². The van der Waals surface area contributed by atoms with E-state index in [-0.39, 0.29) is 11.6 Å². The molecule has 0 heterocycles. The van der Waals surface area contributed by atoms with Gasteiger partial charge in [0.25, 0.3) is 5.69 Å².